The second-order valence-electron chi connectivity index (χ2n) is 5.72. The fourth-order valence-electron chi connectivity index (χ4n) is 2.82. The number of hydrogen-bond donors (Lipinski definition) is 2. The van der Waals surface area contributed by atoms with Gasteiger partial charge in [0.25, 0.3) is 0 Å². The van der Waals surface area contributed by atoms with Gasteiger partial charge in [0.1, 0.15) is 0 Å². The summed E-state index contributed by atoms with van der Waals surface area (Å²) in [5.41, 5.74) is 2.46. The second kappa shape index (κ2) is 7.77. The summed E-state index contributed by atoms with van der Waals surface area (Å²) in [5, 5.41) is 10.8. The third-order valence-electron chi connectivity index (χ3n) is 4.12. The molecule has 0 spiro atoms. The number of aromatic nitrogens is 2. The van der Waals surface area contributed by atoms with Crippen LogP contribution >= 0.6 is 0 Å². The van der Waals surface area contributed by atoms with E-state index >= 15 is 0 Å². The van der Waals surface area contributed by atoms with Crippen LogP contribution in [0.4, 0.5) is 5.69 Å². The fraction of sp³-hybridized carbons (Fsp3) is 0.263. The first-order valence-corrected chi connectivity index (χ1v) is 8.17. The zero-order chi connectivity index (χ0) is 18.5. The van der Waals surface area contributed by atoms with Crippen molar-refractivity contribution in [2.75, 3.05) is 26.6 Å². The van der Waals surface area contributed by atoms with E-state index in [1.807, 2.05) is 30.3 Å². The molecule has 0 saturated carbocycles. The minimum atomic E-state index is -0.0825. The molecule has 7 nitrogen and oxygen atoms in total. The van der Waals surface area contributed by atoms with Gasteiger partial charge in [-0.3, -0.25) is 9.89 Å². The zero-order valence-corrected chi connectivity index (χ0v) is 15.0. The molecule has 1 aromatic heterocycles. The van der Waals surface area contributed by atoms with Crippen molar-refractivity contribution in [1.82, 2.24) is 10.2 Å². The second-order valence-corrected chi connectivity index (χ2v) is 5.72. The average Bonchev–Trinajstić information content (AvgIpc) is 3.15. The van der Waals surface area contributed by atoms with E-state index in [4.69, 9.17) is 14.2 Å². The highest BCUT2D eigenvalue weighted by atomic mass is 16.5. The normalized spacial score (nSPS) is 10.6. The molecule has 0 radical (unpaired) electrons. The number of rotatable bonds is 7. The molecule has 2 aromatic carbocycles. The predicted molar refractivity (Wildman–Crippen MR) is 99.1 cm³/mol. The lowest BCUT2D eigenvalue weighted by Crippen LogP contribution is -2.12. The standard InChI is InChI=1S/C19H21N3O4/c1-24-15-9-12(10-16(25-2)19(15)26-3)7-8-17(23)21-14-6-4-5-13-11-20-22-18(13)14/h4-6,9-11H,7-8H2,1-3H3,(H,20,22)(H,21,23). The van der Waals surface area contributed by atoms with Crippen molar-refractivity contribution in [2.24, 2.45) is 0 Å². The SMILES string of the molecule is COc1cc(CCC(=O)Nc2cccc3cn[nH]c23)cc(OC)c1OC. The number of nitrogens with zero attached hydrogens (tertiary/aromatic N) is 1. The van der Waals surface area contributed by atoms with Gasteiger partial charge < -0.3 is 19.5 Å². The number of ether oxygens (including phenoxy) is 3. The third-order valence-corrected chi connectivity index (χ3v) is 4.12. The van der Waals surface area contributed by atoms with Crippen molar-refractivity contribution in [3.63, 3.8) is 0 Å². The van der Waals surface area contributed by atoms with Crippen molar-refractivity contribution >= 4 is 22.5 Å². The van der Waals surface area contributed by atoms with E-state index < -0.39 is 0 Å². The summed E-state index contributed by atoms with van der Waals surface area (Å²) < 4.78 is 16.0. The number of aryl methyl sites for hydroxylation is 1. The number of anilines is 1. The van der Waals surface area contributed by atoms with Crippen LogP contribution in [0.15, 0.2) is 36.5 Å². The van der Waals surface area contributed by atoms with Crippen LogP contribution < -0.4 is 19.5 Å². The number of methoxy groups -OCH3 is 3. The van der Waals surface area contributed by atoms with Crippen molar-refractivity contribution in [1.29, 1.82) is 0 Å². The van der Waals surface area contributed by atoms with E-state index in [1.165, 1.54) is 0 Å². The first-order chi connectivity index (χ1) is 12.7. The van der Waals surface area contributed by atoms with Crippen molar-refractivity contribution in [3.8, 4) is 17.2 Å². The Morgan fingerprint density at radius 2 is 1.85 bits per heavy atom. The molecule has 0 bridgehead atoms. The molecule has 3 rings (SSSR count). The van der Waals surface area contributed by atoms with Crippen molar-refractivity contribution in [3.05, 3.63) is 42.1 Å². The van der Waals surface area contributed by atoms with Crippen LogP contribution in [0.1, 0.15) is 12.0 Å². The number of para-hydroxylation sites is 1. The van der Waals surface area contributed by atoms with E-state index in [0.29, 0.717) is 30.1 Å². The summed E-state index contributed by atoms with van der Waals surface area (Å²) in [5.74, 6) is 1.60. The quantitative estimate of drug-likeness (QED) is 0.680. The van der Waals surface area contributed by atoms with Crippen LogP contribution in [0.5, 0.6) is 17.2 Å². The van der Waals surface area contributed by atoms with Crippen LogP contribution in [0.2, 0.25) is 0 Å². The van der Waals surface area contributed by atoms with Crippen LogP contribution in [-0.2, 0) is 11.2 Å². The molecule has 0 aliphatic carbocycles. The van der Waals surface area contributed by atoms with Crippen molar-refractivity contribution < 1.29 is 19.0 Å². The summed E-state index contributed by atoms with van der Waals surface area (Å²) in [6, 6.07) is 9.36. The van der Waals surface area contributed by atoms with Gasteiger partial charge >= 0.3 is 0 Å². The molecular weight excluding hydrogens is 334 g/mol. The van der Waals surface area contributed by atoms with Crippen LogP contribution in [0.3, 0.4) is 0 Å². The number of benzene rings is 2. The van der Waals surface area contributed by atoms with Gasteiger partial charge in [-0.2, -0.15) is 5.10 Å². The van der Waals surface area contributed by atoms with Gasteiger partial charge in [0.15, 0.2) is 11.5 Å². The van der Waals surface area contributed by atoms with Gasteiger partial charge in [0.2, 0.25) is 11.7 Å². The summed E-state index contributed by atoms with van der Waals surface area (Å²) in [4.78, 5) is 12.4. The highest BCUT2D eigenvalue weighted by Crippen LogP contribution is 2.38. The van der Waals surface area contributed by atoms with E-state index in [2.05, 4.69) is 15.5 Å². The summed E-state index contributed by atoms with van der Waals surface area (Å²) in [6.45, 7) is 0. The Kier molecular flexibility index (Phi) is 5.26. The first-order valence-electron chi connectivity index (χ1n) is 8.17. The molecule has 0 saturated heterocycles. The molecule has 0 fully saturated rings. The highest BCUT2D eigenvalue weighted by Gasteiger charge is 2.14. The fourth-order valence-corrected chi connectivity index (χ4v) is 2.82. The zero-order valence-electron chi connectivity index (χ0n) is 15.0. The first kappa shape index (κ1) is 17.6. The molecule has 3 aromatic rings. The molecule has 26 heavy (non-hydrogen) atoms. The van der Waals surface area contributed by atoms with Gasteiger partial charge in [-0.25, -0.2) is 0 Å². The number of amides is 1. The van der Waals surface area contributed by atoms with Crippen LogP contribution in [-0.4, -0.2) is 37.4 Å². The summed E-state index contributed by atoms with van der Waals surface area (Å²) >= 11 is 0. The summed E-state index contributed by atoms with van der Waals surface area (Å²) in [7, 11) is 4.70. The van der Waals surface area contributed by atoms with Gasteiger partial charge in [-0.15, -0.1) is 0 Å². The van der Waals surface area contributed by atoms with Crippen LogP contribution in [0, 0.1) is 0 Å². The number of hydrogen-bond acceptors (Lipinski definition) is 5. The molecule has 0 unspecified atom stereocenters. The lowest BCUT2D eigenvalue weighted by atomic mass is 10.1. The smallest absolute Gasteiger partial charge is 0.224 e. The van der Waals surface area contributed by atoms with Gasteiger partial charge in [0.05, 0.1) is 38.7 Å². The number of aromatic amines is 1. The highest BCUT2D eigenvalue weighted by molar-refractivity contribution is 6.00. The number of carbonyl (C=O) groups excluding carboxylic acids is 1. The Bertz CT molecular complexity index is 895. The minimum Gasteiger partial charge on any atom is -0.493 e. The molecule has 1 amide bonds. The lowest BCUT2D eigenvalue weighted by Gasteiger charge is -2.14. The van der Waals surface area contributed by atoms with Crippen LogP contribution in [0.25, 0.3) is 10.9 Å². The number of H-pyrrole nitrogens is 1. The molecule has 136 valence electrons. The van der Waals surface area contributed by atoms with Gasteiger partial charge in [0, 0.05) is 11.8 Å². The Balaban J connectivity index is 1.70. The van der Waals surface area contributed by atoms with E-state index in [1.54, 1.807) is 27.5 Å². The monoisotopic (exact) mass is 355 g/mol. The predicted octanol–water partition coefficient (Wildman–Crippen LogP) is 3.16. The van der Waals surface area contributed by atoms with E-state index in [9.17, 15) is 4.79 Å². The number of carbonyl (C=O) groups is 1. The number of fused-ring (bicyclic) bond motifs is 1. The molecule has 0 atom stereocenters. The Morgan fingerprint density at radius 1 is 1.12 bits per heavy atom. The third kappa shape index (κ3) is 3.56. The average molecular weight is 355 g/mol. The molecule has 0 aliphatic rings. The number of nitrogens with one attached hydrogen (secondary N) is 2. The maximum Gasteiger partial charge on any atom is 0.224 e. The molecule has 0 aliphatic heterocycles. The molecule has 7 heteroatoms. The topological polar surface area (TPSA) is 85.5 Å². The maximum atomic E-state index is 12.4. The molecule has 2 N–H and O–H groups in total. The largest absolute Gasteiger partial charge is 0.493 e. The molecule has 1 heterocycles. The lowest BCUT2D eigenvalue weighted by molar-refractivity contribution is -0.116. The summed E-state index contributed by atoms with van der Waals surface area (Å²) in [6.07, 6.45) is 2.59. The molecular formula is C19H21N3O4. The van der Waals surface area contributed by atoms with Gasteiger partial charge in [-0.1, -0.05) is 12.1 Å². The van der Waals surface area contributed by atoms with E-state index in [-0.39, 0.29) is 5.91 Å². The maximum absolute atomic E-state index is 12.4. The van der Waals surface area contributed by atoms with Crippen molar-refractivity contribution in [2.45, 2.75) is 12.8 Å². The minimum absolute atomic E-state index is 0.0825. The van der Waals surface area contributed by atoms with Gasteiger partial charge in [-0.05, 0) is 30.2 Å². The Hall–Kier alpha value is -3.22. The van der Waals surface area contributed by atoms with E-state index in [0.717, 1.165) is 22.2 Å². The Labute approximate surface area is 151 Å². The Morgan fingerprint density at radius 3 is 2.50 bits per heavy atom.